The van der Waals surface area contributed by atoms with E-state index < -0.39 is 41.9 Å². The van der Waals surface area contributed by atoms with Crippen LogP contribution in [0.3, 0.4) is 0 Å². The van der Waals surface area contributed by atoms with E-state index in [1.54, 1.807) is 0 Å². The van der Waals surface area contributed by atoms with E-state index in [1.807, 2.05) is 0 Å². The Kier molecular flexibility index (Phi) is 4.30. The van der Waals surface area contributed by atoms with Crippen molar-refractivity contribution in [1.82, 2.24) is 0 Å². The number of hydrogen-bond donors (Lipinski definition) is 0. The minimum absolute atomic E-state index is 0.570. The van der Waals surface area contributed by atoms with E-state index >= 15 is 0 Å². The Balaban J connectivity index is 3.52. The molecule has 1 aromatic rings. The van der Waals surface area contributed by atoms with E-state index in [9.17, 15) is 27.3 Å². The number of nitrogens with zero attached hydrogens (tertiary/aromatic N) is 1. The van der Waals surface area contributed by atoms with E-state index in [0.717, 1.165) is 0 Å². The number of hydrogen-bond acceptors (Lipinski definition) is 5. The van der Waals surface area contributed by atoms with Crippen LogP contribution in [0, 0.1) is 10.1 Å². The second kappa shape index (κ2) is 5.21. The predicted molar refractivity (Wildman–Crippen MR) is 57.8 cm³/mol. The fourth-order valence-electron chi connectivity index (χ4n) is 1.04. The molecule has 6 nitrogen and oxygen atoms in total. The molecule has 0 saturated carbocycles. The summed E-state index contributed by atoms with van der Waals surface area (Å²) >= 11 is 5.45. The lowest BCUT2D eigenvalue weighted by Gasteiger charge is -2.07. The van der Waals surface area contributed by atoms with Crippen molar-refractivity contribution in [1.29, 1.82) is 0 Å². The average molecular weight is 322 g/mol. The van der Waals surface area contributed by atoms with Crippen LogP contribution in [-0.4, -0.2) is 20.0 Å². The van der Waals surface area contributed by atoms with Crippen LogP contribution < -0.4 is 4.74 Å². The van der Waals surface area contributed by atoms with E-state index in [1.165, 1.54) is 0 Å². The van der Waals surface area contributed by atoms with Crippen LogP contribution in [0.15, 0.2) is 17.0 Å². The first-order valence-corrected chi connectivity index (χ1v) is 6.69. The first-order valence-electron chi connectivity index (χ1n) is 4.00. The van der Waals surface area contributed by atoms with Gasteiger partial charge in [-0.3, -0.25) is 10.1 Å². The zero-order chi connectivity index (χ0) is 14.1. The second-order valence-electron chi connectivity index (χ2n) is 2.83. The molecule has 0 bridgehead atoms. The summed E-state index contributed by atoms with van der Waals surface area (Å²) in [5.41, 5.74) is -0.908. The van der Waals surface area contributed by atoms with Crippen molar-refractivity contribution in [3.05, 3.63) is 27.3 Å². The number of nitro benzene ring substituents is 1. The highest BCUT2D eigenvalue weighted by atomic mass is 35.7. The summed E-state index contributed by atoms with van der Waals surface area (Å²) in [5, 5.41) is 9.80. The molecule has 0 atom stereocenters. The average Bonchev–Trinajstić information content (AvgIpc) is 2.17. The van der Waals surface area contributed by atoms with Gasteiger partial charge >= 0.3 is 6.61 Å². The van der Waals surface area contributed by atoms with Gasteiger partial charge in [0.2, 0.25) is 0 Å². The number of halogens is 4. The Morgan fingerprint density at radius 3 is 2.33 bits per heavy atom. The topological polar surface area (TPSA) is 86.5 Å². The molecule has 0 aliphatic carbocycles. The predicted octanol–water partition coefficient (Wildman–Crippen LogP) is 2.78. The van der Waals surface area contributed by atoms with Crippen LogP contribution in [0.2, 0.25) is 5.02 Å². The number of rotatable bonds is 4. The summed E-state index contributed by atoms with van der Waals surface area (Å²) in [7, 11) is 0.534. The van der Waals surface area contributed by atoms with Crippen LogP contribution in [0.4, 0.5) is 14.5 Å². The van der Waals surface area contributed by atoms with E-state index in [0.29, 0.717) is 12.1 Å². The van der Waals surface area contributed by atoms with Gasteiger partial charge in [0, 0.05) is 16.7 Å². The Morgan fingerprint density at radius 1 is 1.39 bits per heavy atom. The first kappa shape index (κ1) is 14.9. The summed E-state index contributed by atoms with van der Waals surface area (Å²) in [5.74, 6) is -0.736. The van der Waals surface area contributed by atoms with E-state index in [4.69, 9.17) is 22.3 Å². The Labute approximate surface area is 109 Å². The zero-order valence-corrected chi connectivity index (χ0v) is 10.5. The molecule has 0 spiro atoms. The molecule has 0 radical (unpaired) electrons. The van der Waals surface area contributed by atoms with Crippen LogP contribution in [0.1, 0.15) is 0 Å². The molecule has 0 heterocycles. The molecular formula is C7H3Cl2F2NO5S. The van der Waals surface area contributed by atoms with Gasteiger partial charge in [-0.1, -0.05) is 11.6 Å². The lowest BCUT2D eigenvalue weighted by Crippen LogP contribution is -2.04. The van der Waals surface area contributed by atoms with Gasteiger partial charge in [0.1, 0.15) is 15.7 Å². The van der Waals surface area contributed by atoms with Crippen molar-refractivity contribution in [2.45, 2.75) is 11.5 Å². The van der Waals surface area contributed by atoms with Gasteiger partial charge < -0.3 is 4.74 Å². The third-order valence-corrected chi connectivity index (χ3v) is 3.53. The number of benzene rings is 1. The van der Waals surface area contributed by atoms with Gasteiger partial charge in [0.25, 0.3) is 14.7 Å². The summed E-state index contributed by atoms with van der Waals surface area (Å²) in [4.78, 5) is 8.65. The Hall–Kier alpha value is -1.19. The molecule has 18 heavy (non-hydrogen) atoms. The summed E-state index contributed by atoms with van der Waals surface area (Å²) in [6.45, 7) is -3.28. The normalized spacial score (nSPS) is 11.6. The first-order chi connectivity index (χ1) is 8.12. The lowest BCUT2D eigenvalue weighted by molar-refractivity contribution is -0.385. The van der Waals surface area contributed by atoms with Gasteiger partial charge in [-0.15, -0.1) is 0 Å². The molecule has 0 aliphatic heterocycles. The molecule has 100 valence electrons. The maximum Gasteiger partial charge on any atom is 0.387 e. The molecule has 1 rings (SSSR count). The molecule has 1 aromatic carbocycles. The van der Waals surface area contributed by atoms with E-state index in [2.05, 4.69) is 4.74 Å². The highest BCUT2D eigenvalue weighted by molar-refractivity contribution is 8.13. The molecule has 0 N–H and O–H groups in total. The van der Waals surface area contributed by atoms with Crippen LogP contribution >= 0.6 is 22.3 Å². The summed E-state index contributed by atoms with van der Waals surface area (Å²) < 4.78 is 50.0. The fourth-order valence-corrected chi connectivity index (χ4v) is 2.58. The van der Waals surface area contributed by atoms with Gasteiger partial charge in [-0.2, -0.15) is 8.78 Å². The van der Waals surface area contributed by atoms with E-state index in [-0.39, 0.29) is 0 Å². The second-order valence-corrected chi connectivity index (χ2v) is 5.74. The zero-order valence-electron chi connectivity index (χ0n) is 8.14. The van der Waals surface area contributed by atoms with Crippen molar-refractivity contribution < 1.29 is 26.9 Å². The minimum Gasteiger partial charge on any atom is -0.435 e. The van der Waals surface area contributed by atoms with Crippen molar-refractivity contribution >= 4 is 37.0 Å². The summed E-state index contributed by atoms with van der Waals surface area (Å²) in [6, 6.07) is 1.14. The van der Waals surface area contributed by atoms with Gasteiger partial charge in [-0.05, 0) is 0 Å². The van der Waals surface area contributed by atoms with Crippen molar-refractivity contribution in [3.63, 3.8) is 0 Å². The van der Waals surface area contributed by atoms with Crippen LogP contribution in [0.25, 0.3) is 0 Å². The quantitative estimate of drug-likeness (QED) is 0.483. The molecule has 0 fully saturated rings. The summed E-state index contributed by atoms with van der Waals surface area (Å²) in [6.07, 6.45) is 0. The number of ether oxygens (including phenoxy) is 1. The van der Waals surface area contributed by atoms with Gasteiger partial charge in [0.15, 0.2) is 0 Å². The Morgan fingerprint density at radius 2 is 1.94 bits per heavy atom. The third kappa shape index (κ3) is 3.40. The minimum atomic E-state index is -4.44. The SMILES string of the molecule is O=[N+]([O-])c1cc(OC(F)F)cc(S(=O)(=O)Cl)c1Cl. The van der Waals surface area contributed by atoms with Crippen molar-refractivity contribution in [3.8, 4) is 5.75 Å². The maximum atomic E-state index is 12.0. The van der Waals surface area contributed by atoms with Crippen molar-refractivity contribution in [2.24, 2.45) is 0 Å². The molecular weight excluding hydrogens is 319 g/mol. The lowest BCUT2D eigenvalue weighted by atomic mass is 10.3. The highest BCUT2D eigenvalue weighted by Gasteiger charge is 2.26. The van der Waals surface area contributed by atoms with Crippen LogP contribution in [0.5, 0.6) is 5.75 Å². The fraction of sp³-hybridized carbons (Fsp3) is 0.143. The van der Waals surface area contributed by atoms with Crippen molar-refractivity contribution in [2.75, 3.05) is 0 Å². The maximum absolute atomic E-state index is 12.0. The van der Waals surface area contributed by atoms with Gasteiger partial charge in [0.05, 0.1) is 11.0 Å². The largest absolute Gasteiger partial charge is 0.435 e. The molecule has 0 unspecified atom stereocenters. The Bertz CT molecular complexity index is 592. The van der Waals surface area contributed by atoms with Gasteiger partial charge in [-0.25, -0.2) is 8.42 Å². The molecule has 0 aliphatic rings. The smallest absolute Gasteiger partial charge is 0.387 e. The standard InChI is InChI=1S/C7H3Cl2F2NO5S/c8-6-4(12(13)14)1-3(17-7(10)11)2-5(6)18(9,15)16/h1-2,7H. The highest BCUT2D eigenvalue weighted by Crippen LogP contribution is 2.37. The third-order valence-electron chi connectivity index (χ3n) is 1.68. The van der Waals surface area contributed by atoms with Crippen LogP contribution in [-0.2, 0) is 9.05 Å². The molecule has 0 aromatic heterocycles. The molecule has 11 heteroatoms. The monoisotopic (exact) mass is 321 g/mol. The molecule has 0 amide bonds. The molecule has 0 saturated heterocycles. The number of alkyl halides is 2. The number of nitro groups is 1.